The maximum absolute atomic E-state index is 12.1. The highest BCUT2D eigenvalue weighted by atomic mass is 16.5. The highest BCUT2D eigenvalue weighted by Gasteiger charge is 2.22. The third-order valence-corrected chi connectivity index (χ3v) is 3.41. The highest BCUT2D eigenvalue weighted by molar-refractivity contribution is 5.97. The molecule has 6 nitrogen and oxygen atoms in total. The molecule has 0 aliphatic carbocycles. The van der Waals surface area contributed by atoms with Gasteiger partial charge in [0.25, 0.3) is 11.8 Å². The first kappa shape index (κ1) is 18.7. The van der Waals surface area contributed by atoms with Crippen molar-refractivity contribution < 1.29 is 19.1 Å². The molecular weight excluding hydrogens is 296 g/mol. The van der Waals surface area contributed by atoms with Crippen LogP contribution in [-0.2, 0) is 19.7 Å². The Labute approximate surface area is 136 Å². The molecule has 1 aromatic rings. The van der Waals surface area contributed by atoms with Crippen molar-refractivity contribution >= 4 is 17.8 Å². The largest absolute Gasteiger partial charge is 0.451 e. The second kappa shape index (κ2) is 7.26. The maximum Gasteiger partial charge on any atom is 0.329 e. The van der Waals surface area contributed by atoms with Crippen molar-refractivity contribution in [1.29, 1.82) is 0 Å². The Morgan fingerprint density at radius 3 is 2.04 bits per heavy atom. The smallest absolute Gasteiger partial charge is 0.329 e. The zero-order chi connectivity index (χ0) is 17.8. The van der Waals surface area contributed by atoms with Crippen molar-refractivity contribution in [1.82, 2.24) is 5.32 Å². The van der Waals surface area contributed by atoms with Gasteiger partial charge in [-0.05, 0) is 37.0 Å². The van der Waals surface area contributed by atoms with Gasteiger partial charge in [0.2, 0.25) is 0 Å². The number of esters is 1. The van der Waals surface area contributed by atoms with E-state index in [1.165, 1.54) is 13.8 Å². The molecule has 0 fully saturated rings. The fourth-order valence-corrected chi connectivity index (χ4v) is 1.79. The highest BCUT2D eigenvalue weighted by Crippen LogP contribution is 2.22. The summed E-state index contributed by atoms with van der Waals surface area (Å²) < 4.78 is 4.85. The molecule has 3 N–H and O–H groups in total. The van der Waals surface area contributed by atoms with Crippen molar-refractivity contribution in [2.45, 2.75) is 52.2 Å². The van der Waals surface area contributed by atoms with Crippen LogP contribution in [0, 0.1) is 0 Å². The molecule has 0 bridgehead atoms. The van der Waals surface area contributed by atoms with E-state index in [9.17, 15) is 14.4 Å². The third-order valence-electron chi connectivity index (χ3n) is 3.41. The van der Waals surface area contributed by atoms with E-state index >= 15 is 0 Å². The average Bonchev–Trinajstić information content (AvgIpc) is 2.46. The molecule has 1 aromatic carbocycles. The van der Waals surface area contributed by atoms with Crippen molar-refractivity contribution in [3.8, 4) is 0 Å². The second-order valence-corrected chi connectivity index (χ2v) is 6.50. The molecule has 0 heterocycles. The summed E-state index contributed by atoms with van der Waals surface area (Å²) in [6.45, 7) is 9.11. The summed E-state index contributed by atoms with van der Waals surface area (Å²) in [6, 6.07) is 6.30. The predicted octanol–water partition coefficient (Wildman–Crippen LogP) is 1.52. The Morgan fingerprint density at radius 1 is 1.09 bits per heavy atom. The Kier molecular flexibility index (Phi) is 5.90. The van der Waals surface area contributed by atoms with Crippen molar-refractivity contribution in [2.75, 3.05) is 0 Å². The van der Waals surface area contributed by atoms with Crippen LogP contribution in [0.15, 0.2) is 24.3 Å². The average molecular weight is 320 g/mol. The predicted molar refractivity (Wildman–Crippen MR) is 86.8 cm³/mol. The van der Waals surface area contributed by atoms with Crippen molar-refractivity contribution in [2.24, 2.45) is 5.73 Å². The summed E-state index contributed by atoms with van der Waals surface area (Å²) >= 11 is 0. The van der Waals surface area contributed by atoms with Crippen molar-refractivity contribution in [3.05, 3.63) is 35.4 Å². The molecule has 0 unspecified atom stereocenters. The third kappa shape index (κ3) is 5.39. The molecule has 1 rings (SSSR count). The Hall–Kier alpha value is -2.37. The molecule has 2 amide bonds. The number of hydrogen-bond donors (Lipinski definition) is 2. The maximum atomic E-state index is 12.1. The first-order chi connectivity index (χ1) is 10.5. The lowest BCUT2D eigenvalue weighted by atomic mass is 9.86. The van der Waals surface area contributed by atoms with Gasteiger partial charge in [-0.25, -0.2) is 4.79 Å². The number of hydrogen-bond acceptors (Lipinski definition) is 4. The number of benzene rings is 1. The van der Waals surface area contributed by atoms with Crippen LogP contribution in [0.3, 0.4) is 0 Å². The quantitative estimate of drug-likeness (QED) is 0.804. The van der Waals surface area contributed by atoms with E-state index in [4.69, 9.17) is 10.5 Å². The number of primary amides is 1. The lowest BCUT2D eigenvalue weighted by Gasteiger charge is -2.19. The van der Waals surface area contributed by atoms with Crippen LogP contribution in [0.1, 0.15) is 50.5 Å². The van der Waals surface area contributed by atoms with Crippen LogP contribution in [0.2, 0.25) is 0 Å². The Balaban J connectivity index is 2.68. The minimum Gasteiger partial charge on any atom is -0.451 e. The number of nitrogens with one attached hydrogen (secondary N) is 1. The van der Waals surface area contributed by atoms with Gasteiger partial charge in [-0.2, -0.15) is 0 Å². The molecule has 6 heteroatoms. The van der Waals surface area contributed by atoms with Crippen LogP contribution >= 0.6 is 0 Å². The second-order valence-electron chi connectivity index (χ2n) is 6.50. The zero-order valence-electron chi connectivity index (χ0n) is 14.2. The van der Waals surface area contributed by atoms with Gasteiger partial charge in [-0.1, -0.05) is 32.9 Å². The number of nitrogens with two attached hydrogens (primary N) is 1. The number of carbonyl (C=O) groups excluding carboxylic acids is 3. The van der Waals surface area contributed by atoms with Crippen LogP contribution in [0.5, 0.6) is 0 Å². The molecule has 0 aliphatic rings. The molecule has 0 spiro atoms. The lowest BCUT2D eigenvalue weighted by molar-refractivity contribution is -0.155. The lowest BCUT2D eigenvalue weighted by Crippen LogP contribution is -2.42. The molecule has 0 radical (unpaired) electrons. The van der Waals surface area contributed by atoms with E-state index in [0.29, 0.717) is 5.56 Å². The van der Waals surface area contributed by atoms with Crippen LogP contribution in [0.25, 0.3) is 0 Å². The van der Waals surface area contributed by atoms with E-state index in [1.807, 2.05) is 12.1 Å². The molecule has 0 aliphatic heterocycles. The van der Waals surface area contributed by atoms with Crippen LogP contribution in [-0.4, -0.2) is 29.9 Å². The van der Waals surface area contributed by atoms with Gasteiger partial charge >= 0.3 is 5.97 Å². The number of ether oxygens (including phenoxy) is 1. The number of rotatable bonds is 5. The summed E-state index contributed by atoms with van der Waals surface area (Å²) in [5, 5.41) is 2.53. The summed E-state index contributed by atoms with van der Waals surface area (Å²) in [4.78, 5) is 34.8. The van der Waals surface area contributed by atoms with E-state index in [0.717, 1.165) is 5.56 Å². The molecule has 2 atom stereocenters. The van der Waals surface area contributed by atoms with E-state index in [1.54, 1.807) is 12.1 Å². The number of amides is 2. The van der Waals surface area contributed by atoms with Crippen LogP contribution < -0.4 is 11.1 Å². The Bertz CT molecular complexity index is 588. The normalized spacial score (nSPS) is 13.8. The molecule has 0 aromatic heterocycles. The minimum absolute atomic E-state index is 0.00297. The molecule has 0 saturated heterocycles. The van der Waals surface area contributed by atoms with Crippen molar-refractivity contribution in [3.63, 3.8) is 0 Å². The van der Waals surface area contributed by atoms with Gasteiger partial charge in [-0.15, -0.1) is 0 Å². The van der Waals surface area contributed by atoms with Gasteiger partial charge < -0.3 is 15.8 Å². The SMILES string of the molecule is C[C@H](NC(=O)c1ccc(C(C)(C)C)cc1)C(=O)O[C@H](C)C(N)=O. The molecule has 126 valence electrons. The monoisotopic (exact) mass is 320 g/mol. The number of carbonyl (C=O) groups is 3. The fourth-order valence-electron chi connectivity index (χ4n) is 1.79. The molecule has 23 heavy (non-hydrogen) atoms. The first-order valence-electron chi connectivity index (χ1n) is 7.43. The van der Waals surface area contributed by atoms with Gasteiger partial charge in [0.15, 0.2) is 6.10 Å². The summed E-state index contributed by atoms with van der Waals surface area (Å²) in [7, 11) is 0. The molecular formula is C17H24N2O4. The van der Waals surface area contributed by atoms with E-state index in [2.05, 4.69) is 26.1 Å². The van der Waals surface area contributed by atoms with Gasteiger partial charge in [0, 0.05) is 5.56 Å². The summed E-state index contributed by atoms with van der Waals surface area (Å²) in [6.07, 6.45) is -1.03. The standard InChI is InChI=1S/C17H24N2O4/c1-10(16(22)23-11(2)14(18)20)19-15(21)12-6-8-13(9-7-12)17(3,4)5/h6-11H,1-5H3,(H2,18,20)(H,19,21)/t10-,11+/m0/s1. The van der Waals surface area contributed by atoms with Gasteiger partial charge in [0.05, 0.1) is 0 Å². The minimum atomic E-state index is -1.03. The molecule has 0 saturated carbocycles. The fraction of sp³-hybridized carbons (Fsp3) is 0.471. The summed E-state index contributed by atoms with van der Waals surface area (Å²) in [5.41, 5.74) is 6.57. The van der Waals surface area contributed by atoms with Gasteiger partial charge in [0.1, 0.15) is 6.04 Å². The van der Waals surface area contributed by atoms with Gasteiger partial charge in [-0.3, -0.25) is 9.59 Å². The first-order valence-corrected chi connectivity index (χ1v) is 7.43. The topological polar surface area (TPSA) is 98.5 Å². The van der Waals surface area contributed by atoms with E-state index < -0.39 is 24.0 Å². The van der Waals surface area contributed by atoms with Crippen LogP contribution in [0.4, 0.5) is 0 Å². The van der Waals surface area contributed by atoms with E-state index in [-0.39, 0.29) is 11.3 Å². The zero-order valence-corrected chi connectivity index (χ0v) is 14.2. The summed E-state index contributed by atoms with van der Waals surface area (Å²) in [5.74, 6) is -1.84. The Morgan fingerprint density at radius 2 is 1.61 bits per heavy atom.